The van der Waals surface area contributed by atoms with E-state index >= 15 is 0 Å². The molecule has 11 heteroatoms. The van der Waals surface area contributed by atoms with Gasteiger partial charge in [-0.05, 0) is 20.8 Å². The molecule has 6 nitrogen and oxygen atoms in total. The number of nitrogens with one attached hydrogen (secondary N) is 1. The Bertz CT molecular complexity index is 725. The van der Waals surface area contributed by atoms with E-state index < -0.39 is 43.3 Å². The van der Waals surface area contributed by atoms with Gasteiger partial charge in [-0.15, -0.1) is 0 Å². The quantitative estimate of drug-likeness (QED) is 0.879. The molecule has 0 amide bonds. The lowest BCUT2D eigenvalue weighted by molar-refractivity contribution is -0.141. The first kappa shape index (κ1) is 17.1. The number of H-pyrrole nitrogens is 1. The third-order valence-electron chi connectivity index (χ3n) is 3.20. The Balaban J connectivity index is 2.45. The Morgan fingerprint density at radius 2 is 2.00 bits per heavy atom. The zero-order valence-corrected chi connectivity index (χ0v) is 13.4. The highest BCUT2D eigenvalue weighted by atomic mass is 35.5. The van der Waals surface area contributed by atoms with Crippen molar-refractivity contribution in [3.05, 3.63) is 16.4 Å². The molecule has 0 fully saturated rings. The third kappa shape index (κ3) is 2.94. The van der Waals surface area contributed by atoms with Crippen molar-refractivity contribution in [1.82, 2.24) is 10.2 Å². The molecule has 1 atom stereocenters. The Kier molecular flexibility index (Phi) is 3.97. The van der Waals surface area contributed by atoms with Crippen LogP contribution in [0.15, 0.2) is 5.16 Å². The van der Waals surface area contributed by atoms with Crippen molar-refractivity contribution < 1.29 is 26.4 Å². The fraction of sp³-hybridized carbons (Fsp3) is 0.636. The molecule has 0 radical (unpaired) electrons. The minimum atomic E-state index is -4.82. The topological polar surface area (TPSA) is 84.4 Å². The summed E-state index contributed by atoms with van der Waals surface area (Å²) < 4.78 is 63.7. The molecule has 0 saturated carbocycles. The van der Waals surface area contributed by atoms with Crippen molar-refractivity contribution in [3.8, 4) is 0 Å². The minimum absolute atomic E-state index is 0.0313. The highest BCUT2D eigenvalue weighted by Crippen LogP contribution is 2.40. The Labute approximate surface area is 129 Å². The van der Waals surface area contributed by atoms with Gasteiger partial charge in [0.25, 0.3) is 0 Å². The molecule has 2 rings (SSSR count). The first-order valence-electron chi connectivity index (χ1n) is 6.16. The number of halogens is 4. The maximum atomic E-state index is 12.9. The third-order valence-corrected chi connectivity index (χ3v) is 5.53. The maximum absolute atomic E-state index is 12.9. The molecule has 22 heavy (non-hydrogen) atoms. The fourth-order valence-corrected chi connectivity index (χ4v) is 4.03. The number of hydrogen-bond donors (Lipinski definition) is 1. The number of sulfone groups is 1. The molecule has 1 unspecified atom stereocenters. The molecule has 1 aliphatic rings. The molecule has 0 aromatic carbocycles. The van der Waals surface area contributed by atoms with Crippen molar-refractivity contribution in [1.29, 1.82) is 0 Å². The first-order valence-corrected chi connectivity index (χ1v) is 8.08. The van der Waals surface area contributed by atoms with Crippen LogP contribution in [0.25, 0.3) is 0 Å². The fourth-order valence-electron chi connectivity index (χ4n) is 2.03. The lowest BCUT2D eigenvalue weighted by atomic mass is 10.1. The summed E-state index contributed by atoms with van der Waals surface area (Å²) in [5.74, 6) is 0. The number of alkyl halides is 3. The van der Waals surface area contributed by atoms with Crippen LogP contribution in [0, 0.1) is 0 Å². The van der Waals surface area contributed by atoms with Crippen LogP contribution in [-0.4, -0.2) is 29.3 Å². The number of hydrogen-bond acceptors (Lipinski definition) is 5. The first-order chi connectivity index (χ1) is 9.86. The molecule has 0 bridgehead atoms. The van der Waals surface area contributed by atoms with Gasteiger partial charge in [-0.1, -0.05) is 16.8 Å². The molecule has 2 heterocycles. The summed E-state index contributed by atoms with van der Waals surface area (Å²) in [6, 6.07) is 0. The Hall–Kier alpha value is -1.29. The van der Waals surface area contributed by atoms with Crippen molar-refractivity contribution in [2.24, 2.45) is 5.16 Å². The number of nitrogens with zero attached hydrogens (tertiary/aromatic N) is 2. The summed E-state index contributed by atoms with van der Waals surface area (Å²) in [4.78, 5) is 4.96. The van der Waals surface area contributed by atoms with Gasteiger partial charge in [-0.3, -0.25) is 5.10 Å². The number of aromatic amines is 1. The van der Waals surface area contributed by atoms with E-state index in [2.05, 4.69) is 10.3 Å². The monoisotopic (exact) mass is 359 g/mol. The highest BCUT2D eigenvalue weighted by molar-refractivity contribution is 8.06. The minimum Gasteiger partial charge on any atom is -0.389 e. The number of aromatic nitrogens is 2. The number of oxime groups is 1. The average molecular weight is 360 g/mol. The van der Waals surface area contributed by atoms with Gasteiger partial charge in [-0.25, -0.2) is 8.42 Å². The van der Waals surface area contributed by atoms with Gasteiger partial charge < -0.3 is 4.84 Å². The average Bonchev–Trinajstić information content (AvgIpc) is 2.90. The molecular formula is C11H13ClF3N3O3S. The molecule has 1 aliphatic heterocycles. The zero-order chi connectivity index (χ0) is 16.9. The normalized spacial score (nSPS) is 19.7. The van der Waals surface area contributed by atoms with E-state index in [1.165, 1.54) is 0 Å². The van der Waals surface area contributed by atoms with Crippen molar-refractivity contribution in [2.75, 3.05) is 0 Å². The van der Waals surface area contributed by atoms with Crippen LogP contribution in [0.1, 0.15) is 43.7 Å². The summed E-state index contributed by atoms with van der Waals surface area (Å²) >= 11 is 5.66. The van der Waals surface area contributed by atoms with E-state index in [9.17, 15) is 21.6 Å². The standard InChI is InChI=1S/C11H13ClF3N3O3S/c1-5(7-8(11(13,14)15)16-17-9(7)12)22(19,20)6-4-10(2,3)21-18-6/h5H,4H2,1-3H3,(H,16,17). The summed E-state index contributed by atoms with van der Waals surface area (Å²) in [5.41, 5.74) is -2.80. The predicted molar refractivity (Wildman–Crippen MR) is 73.2 cm³/mol. The van der Waals surface area contributed by atoms with E-state index in [0.29, 0.717) is 0 Å². The largest absolute Gasteiger partial charge is 0.435 e. The van der Waals surface area contributed by atoms with Crippen LogP contribution < -0.4 is 0 Å². The highest BCUT2D eigenvalue weighted by Gasteiger charge is 2.45. The van der Waals surface area contributed by atoms with E-state index in [0.717, 1.165) is 6.92 Å². The zero-order valence-electron chi connectivity index (χ0n) is 11.8. The predicted octanol–water partition coefficient (Wildman–Crippen LogP) is 3.07. The van der Waals surface area contributed by atoms with Gasteiger partial charge in [-0.2, -0.15) is 18.3 Å². The maximum Gasteiger partial charge on any atom is 0.435 e. The van der Waals surface area contributed by atoms with E-state index in [4.69, 9.17) is 16.4 Å². The van der Waals surface area contributed by atoms with Gasteiger partial charge in [0.05, 0.1) is 5.25 Å². The van der Waals surface area contributed by atoms with E-state index in [1.54, 1.807) is 13.8 Å². The molecular weight excluding hydrogens is 347 g/mol. The van der Waals surface area contributed by atoms with Crippen molar-refractivity contribution in [2.45, 2.75) is 44.2 Å². The summed E-state index contributed by atoms with van der Waals surface area (Å²) in [7, 11) is -4.16. The second-order valence-corrected chi connectivity index (χ2v) is 8.14. The summed E-state index contributed by atoms with van der Waals surface area (Å²) in [6.07, 6.45) is -4.85. The van der Waals surface area contributed by atoms with Crippen LogP contribution in [0.5, 0.6) is 0 Å². The van der Waals surface area contributed by atoms with Crippen LogP contribution in [0.4, 0.5) is 13.2 Å². The van der Waals surface area contributed by atoms with Gasteiger partial charge >= 0.3 is 6.18 Å². The molecule has 1 N–H and O–H groups in total. The van der Waals surface area contributed by atoms with Crippen LogP contribution in [-0.2, 0) is 20.9 Å². The van der Waals surface area contributed by atoms with Crippen LogP contribution in [0.3, 0.4) is 0 Å². The molecule has 1 aromatic heterocycles. The van der Waals surface area contributed by atoms with Gasteiger partial charge in [0.2, 0.25) is 9.84 Å². The smallest absolute Gasteiger partial charge is 0.389 e. The number of rotatable bonds is 2. The van der Waals surface area contributed by atoms with Crippen LogP contribution >= 0.6 is 11.6 Å². The SMILES string of the molecule is CC(c1c(C(F)(F)F)n[nH]c1Cl)S(=O)(=O)C1=NOC(C)(C)C1. The summed E-state index contributed by atoms with van der Waals surface area (Å²) in [5, 5.41) is 6.17. The molecule has 1 aromatic rings. The molecule has 0 spiro atoms. The van der Waals surface area contributed by atoms with Gasteiger partial charge in [0.15, 0.2) is 10.7 Å². The Morgan fingerprint density at radius 1 is 1.41 bits per heavy atom. The van der Waals surface area contributed by atoms with Gasteiger partial charge in [0.1, 0.15) is 10.8 Å². The second-order valence-electron chi connectivity index (χ2n) is 5.50. The Morgan fingerprint density at radius 3 is 2.45 bits per heavy atom. The lowest BCUT2D eigenvalue weighted by Gasteiger charge is -2.16. The van der Waals surface area contributed by atoms with Crippen molar-refractivity contribution in [3.63, 3.8) is 0 Å². The van der Waals surface area contributed by atoms with E-state index in [-0.39, 0.29) is 11.5 Å². The van der Waals surface area contributed by atoms with Crippen LogP contribution in [0.2, 0.25) is 5.15 Å². The second kappa shape index (κ2) is 5.12. The molecule has 124 valence electrons. The van der Waals surface area contributed by atoms with Crippen molar-refractivity contribution >= 4 is 26.5 Å². The lowest BCUT2D eigenvalue weighted by Crippen LogP contribution is -2.26. The van der Waals surface area contributed by atoms with E-state index in [1.807, 2.05) is 5.10 Å². The molecule has 0 aliphatic carbocycles. The summed E-state index contributed by atoms with van der Waals surface area (Å²) in [6.45, 7) is 4.35. The van der Waals surface area contributed by atoms with Gasteiger partial charge in [0, 0.05) is 12.0 Å². The molecule has 0 saturated heterocycles.